The predicted octanol–water partition coefficient (Wildman–Crippen LogP) is 3.22. The van der Waals surface area contributed by atoms with Crippen LogP contribution in [-0.2, 0) is 4.74 Å². The lowest BCUT2D eigenvalue weighted by Gasteiger charge is -2.21. The molecule has 0 aliphatic rings. The highest BCUT2D eigenvalue weighted by atomic mass is 19.4. The van der Waals surface area contributed by atoms with Crippen molar-refractivity contribution in [1.82, 2.24) is 10.6 Å². The third kappa shape index (κ3) is 13.5. The molecule has 0 spiro atoms. The van der Waals surface area contributed by atoms with E-state index in [1.807, 2.05) is 6.92 Å². The van der Waals surface area contributed by atoms with Crippen LogP contribution in [0.25, 0.3) is 0 Å². The van der Waals surface area contributed by atoms with Crippen molar-refractivity contribution in [2.75, 3.05) is 13.1 Å². The Morgan fingerprint density at radius 1 is 1.20 bits per heavy atom. The largest absolute Gasteiger partial charge is 0.444 e. The summed E-state index contributed by atoms with van der Waals surface area (Å²) in [5, 5.41) is 5.65. The molecule has 0 bridgehead atoms. The molecule has 0 aliphatic heterocycles. The minimum Gasteiger partial charge on any atom is -0.444 e. The Morgan fingerprint density at radius 2 is 1.80 bits per heavy atom. The van der Waals surface area contributed by atoms with Gasteiger partial charge in [0.25, 0.3) is 0 Å². The first kappa shape index (κ1) is 19.0. The summed E-state index contributed by atoms with van der Waals surface area (Å²) in [5.41, 5.74) is -0.543. The molecular formula is C13H25F3N2O2. The second-order valence-corrected chi connectivity index (χ2v) is 5.81. The second-order valence-electron chi connectivity index (χ2n) is 5.81. The maximum absolute atomic E-state index is 11.9. The number of alkyl halides is 3. The first-order valence-electron chi connectivity index (χ1n) is 6.76. The van der Waals surface area contributed by atoms with Crippen LogP contribution in [0.4, 0.5) is 18.0 Å². The van der Waals surface area contributed by atoms with Crippen molar-refractivity contribution >= 4 is 6.09 Å². The van der Waals surface area contributed by atoms with Gasteiger partial charge in [-0.1, -0.05) is 0 Å². The number of nitrogens with one attached hydrogen (secondary N) is 2. The molecule has 2 N–H and O–H groups in total. The van der Waals surface area contributed by atoms with Gasteiger partial charge in [-0.2, -0.15) is 13.2 Å². The zero-order chi connectivity index (χ0) is 15.8. The number of carbonyl (C=O) groups is 1. The van der Waals surface area contributed by atoms with Crippen molar-refractivity contribution in [3.05, 3.63) is 0 Å². The summed E-state index contributed by atoms with van der Waals surface area (Å²) in [6.45, 7) is 8.03. The maximum atomic E-state index is 11.9. The topological polar surface area (TPSA) is 50.4 Å². The SMILES string of the molecule is CC(CNC(=O)OC(C)(C)C)NCCCCC(F)(F)F. The third-order valence-corrected chi connectivity index (χ3v) is 2.33. The molecule has 0 aromatic carbocycles. The van der Waals surface area contributed by atoms with E-state index in [1.165, 1.54) is 0 Å². The molecule has 120 valence electrons. The van der Waals surface area contributed by atoms with Gasteiger partial charge in [0.2, 0.25) is 0 Å². The van der Waals surface area contributed by atoms with E-state index < -0.39 is 24.3 Å². The molecule has 0 fully saturated rings. The van der Waals surface area contributed by atoms with Gasteiger partial charge < -0.3 is 15.4 Å². The van der Waals surface area contributed by atoms with Gasteiger partial charge in [0.15, 0.2) is 0 Å². The van der Waals surface area contributed by atoms with Gasteiger partial charge >= 0.3 is 12.3 Å². The van der Waals surface area contributed by atoms with Crippen molar-refractivity contribution in [3.8, 4) is 0 Å². The van der Waals surface area contributed by atoms with Crippen LogP contribution in [0.5, 0.6) is 0 Å². The number of hydrogen-bond donors (Lipinski definition) is 2. The molecule has 0 radical (unpaired) electrons. The number of unbranched alkanes of at least 4 members (excludes halogenated alkanes) is 1. The number of halogens is 3. The number of hydrogen-bond acceptors (Lipinski definition) is 3. The molecule has 0 aromatic rings. The summed E-state index contributed by atoms with van der Waals surface area (Å²) in [6, 6.07) is -0.0200. The fourth-order valence-corrected chi connectivity index (χ4v) is 1.42. The van der Waals surface area contributed by atoms with E-state index in [1.54, 1.807) is 20.8 Å². The molecule has 0 aromatic heterocycles. The summed E-state index contributed by atoms with van der Waals surface area (Å²) in [5.74, 6) is 0. The number of rotatable bonds is 7. The smallest absolute Gasteiger partial charge is 0.407 e. The van der Waals surface area contributed by atoms with Crippen LogP contribution >= 0.6 is 0 Å². The van der Waals surface area contributed by atoms with Gasteiger partial charge in [0, 0.05) is 19.0 Å². The Labute approximate surface area is 118 Å². The number of alkyl carbamates (subject to hydrolysis) is 1. The first-order valence-corrected chi connectivity index (χ1v) is 6.76. The molecule has 0 aliphatic carbocycles. The monoisotopic (exact) mass is 298 g/mol. The molecule has 1 unspecified atom stereocenters. The molecule has 7 heteroatoms. The van der Waals surface area contributed by atoms with Crippen molar-refractivity contribution in [2.45, 2.75) is 64.8 Å². The minimum absolute atomic E-state index is 0.0200. The standard InChI is InChI=1S/C13H25F3N2O2/c1-10(9-18-11(19)20-12(2,3)4)17-8-6-5-7-13(14,15)16/h10,17H,5-9H2,1-4H3,(H,18,19). The van der Waals surface area contributed by atoms with Crippen LogP contribution in [0.1, 0.15) is 47.0 Å². The molecular weight excluding hydrogens is 273 g/mol. The van der Waals surface area contributed by atoms with Crippen LogP contribution in [0.15, 0.2) is 0 Å². The summed E-state index contributed by atoms with van der Waals surface area (Å²) in [7, 11) is 0. The van der Waals surface area contributed by atoms with Gasteiger partial charge in [0.1, 0.15) is 5.60 Å². The highest BCUT2D eigenvalue weighted by molar-refractivity contribution is 5.67. The predicted molar refractivity (Wildman–Crippen MR) is 71.6 cm³/mol. The lowest BCUT2D eigenvalue weighted by molar-refractivity contribution is -0.135. The molecule has 4 nitrogen and oxygen atoms in total. The highest BCUT2D eigenvalue weighted by Gasteiger charge is 2.25. The molecule has 0 heterocycles. The Morgan fingerprint density at radius 3 is 2.30 bits per heavy atom. The first-order chi connectivity index (χ1) is 8.99. The number of ether oxygens (including phenoxy) is 1. The Balaban J connectivity index is 3.60. The van der Waals surface area contributed by atoms with Crippen molar-refractivity contribution in [1.29, 1.82) is 0 Å². The Hall–Kier alpha value is -0.980. The quantitative estimate of drug-likeness (QED) is 0.710. The van der Waals surface area contributed by atoms with Crippen molar-refractivity contribution < 1.29 is 22.7 Å². The van der Waals surface area contributed by atoms with E-state index in [-0.39, 0.29) is 12.5 Å². The maximum Gasteiger partial charge on any atom is 0.407 e. The lowest BCUT2D eigenvalue weighted by Crippen LogP contribution is -2.41. The van der Waals surface area contributed by atoms with E-state index >= 15 is 0 Å². The molecule has 0 rings (SSSR count). The summed E-state index contributed by atoms with van der Waals surface area (Å²) in [4.78, 5) is 11.4. The zero-order valence-electron chi connectivity index (χ0n) is 12.6. The van der Waals surface area contributed by atoms with Crippen LogP contribution in [0.2, 0.25) is 0 Å². The van der Waals surface area contributed by atoms with Crippen molar-refractivity contribution in [2.24, 2.45) is 0 Å². The number of amides is 1. The molecule has 1 atom stereocenters. The van der Waals surface area contributed by atoms with E-state index in [2.05, 4.69) is 10.6 Å². The van der Waals surface area contributed by atoms with Crippen LogP contribution in [0, 0.1) is 0 Å². The molecule has 0 saturated carbocycles. The number of carbonyl (C=O) groups excluding carboxylic acids is 1. The average molecular weight is 298 g/mol. The van der Waals surface area contributed by atoms with Gasteiger partial charge in [-0.05, 0) is 47.1 Å². The lowest BCUT2D eigenvalue weighted by atomic mass is 10.2. The fourth-order valence-electron chi connectivity index (χ4n) is 1.42. The minimum atomic E-state index is -4.08. The van der Waals surface area contributed by atoms with Gasteiger partial charge in [-0.15, -0.1) is 0 Å². The van der Waals surface area contributed by atoms with Crippen LogP contribution < -0.4 is 10.6 Å². The Bertz CT molecular complexity index is 288. The van der Waals surface area contributed by atoms with Gasteiger partial charge in [0.05, 0.1) is 0 Å². The molecule has 0 saturated heterocycles. The van der Waals surface area contributed by atoms with E-state index in [0.29, 0.717) is 19.5 Å². The van der Waals surface area contributed by atoms with Crippen LogP contribution in [-0.4, -0.2) is 37.0 Å². The van der Waals surface area contributed by atoms with Crippen molar-refractivity contribution in [3.63, 3.8) is 0 Å². The third-order valence-electron chi connectivity index (χ3n) is 2.33. The van der Waals surface area contributed by atoms with Crippen LogP contribution in [0.3, 0.4) is 0 Å². The Kier molecular flexibility index (Phi) is 7.93. The normalized spacial score (nSPS) is 13.9. The summed E-state index contributed by atoms with van der Waals surface area (Å²) in [6.07, 6.45) is -4.76. The van der Waals surface area contributed by atoms with E-state index in [9.17, 15) is 18.0 Å². The van der Waals surface area contributed by atoms with E-state index in [4.69, 9.17) is 4.74 Å². The summed E-state index contributed by atoms with van der Waals surface area (Å²) >= 11 is 0. The van der Waals surface area contributed by atoms with Gasteiger partial charge in [-0.25, -0.2) is 4.79 Å². The highest BCUT2D eigenvalue weighted by Crippen LogP contribution is 2.21. The zero-order valence-corrected chi connectivity index (χ0v) is 12.6. The molecule has 20 heavy (non-hydrogen) atoms. The molecule has 1 amide bonds. The van der Waals surface area contributed by atoms with Gasteiger partial charge in [-0.3, -0.25) is 0 Å². The van der Waals surface area contributed by atoms with E-state index in [0.717, 1.165) is 0 Å². The second kappa shape index (κ2) is 8.34. The summed E-state index contributed by atoms with van der Waals surface area (Å²) < 4.78 is 40.8. The average Bonchev–Trinajstić information content (AvgIpc) is 2.22. The fraction of sp³-hybridized carbons (Fsp3) is 0.923.